The van der Waals surface area contributed by atoms with Crippen molar-refractivity contribution in [2.45, 2.75) is 31.3 Å². The van der Waals surface area contributed by atoms with Crippen molar-refractivity contribution in [1.29, 1.82) is 0 Å². The lowest BCUT2D eigenvalue weighted by atomic mass is 9.69. The molecule has 0 fully saturated rings. The van der Waals surface area contributed by atoms with E-state index < -0.39 is 52.7 Å². The molecule has 2 N–H and O–H groups in total. The number of carbonyl (C=O) groups excluding carboxylic acids is 3. The third-order valence-electron chi connectivity index (χ3n) is 7.92. The molecule has 0 amide bonds. The van der Waals surface area contributed by atoms with E-state index in [4.69, 9.17) is 35.3 Å². The minimum absolute atomic E-state index is 0.0120. The van der Waals surface area contributed by atoms with Crippen LogP contribution in [0.5, 0.6) is 23.0 Å². The molecule has 2 heterocycles. The van der Waals surface area contributed by atoms with Crippen LogP contribution in [-0.2, 0) is 14.3 Å². The number of esters is 1. The van der Waals surface area contributed by atoms with Crippen molar-refractivity contribution in [1.82, 2.24) is 4.98 Å². The summed E-state index contributed by atoms with van der Waals surface area (Å²) >= 11 is 6.52. The van der Waals surface area contributed by atoms with Crippen molar-refractivity contribution in [3.63, 3.8) is 0 Å². The number of halogens is 1. The number of benzene rings is 2. The van der Waals surface area contributed by atoms with Crippen molar-refractivity contribution < 1.29 is 43.2 Å². The molecule has 11 nitrogen and oxygen atoms in total. The van der Waals surface area contributed by atoms with Gasteiger partial charge >= 0.3 is 5.97 Å². The SMILES string of the molecule is COC(=O)C[C@H](C1=C(O)[C@@]2(Oc3c(Cl)c(OC)cc(OC)c3C2=O)[C@H](C)CC1=O)c1cc2ccc(OC)cc2[nH]c1=O. The molecule has 1 aliphatic carbocycles. The number of allylic oxidation sites excluding steroid dienone is 1. The Morgan fingerprint density at radius 3 is 2.45 bits per heavy atom. The van der Waals surface area contributed by atoms with Gasteiger partial charge in [-0.25, -0.2) is 0 Å². The first-order chi connectivity index (χ1) is 20.0. The molecule has 2 aromatic carbocycles. The molecule has 1 aliphatic heterocycles. The number of Topliss-reactive ketones (excluding diaryl/α,β-unsaturated/α-hetero) is 2. The zero-order valence-corrected chi connectivity index (χ0v) is 24.2. The van der Waals surface area contributed by atoms with Gasteiger partial charge in [-0.15, -0.1) is 0 Å². The predicted molar refractivity (Wildman–Crippen MR) is 151 cm³/mol. The zero-order chi connectivity index (χ0) is 30.5. The van der Waals surface area contributed by atoms with Crippen LogP contribution in [0, 0.1) is 5.92 Å². The normalized spacial score (nSPS) is 20.4. The summed E-state index contributed by atoms with van der Waals surface area (Å²) < 4.78 is 27.0. The van der Waals surface area contributed by atoms with E-state index in [0.29, 0.717) is 16.7 Å². The monoisotopic (exact) mass is 597 g/mol. The summed E-state index contributed by atoms with van der Waals surface area (Å²) in [5, 5.41) is 12.4. The van der Waals surface area contributed by atoms with Gasteiger partial charge in [0.25, 0.3) is 5.56 Å². The molecule has 3 aromatic rings. The number of rotatable bonds is 7. The second kappa shape index (κ2) is 10.7. The fourth-order valence-corrected chi connectivity index (χ4v) is 6.00. The van der Waals surface area contributed by atoms with Gasteiger partial charge in [-0.2, -0.15) is 0 Å². The Bertz CT molecular complexity index is 1740. The van der Waals surface area contributed by atoms with Crippen LogP contribution in [0.25, 0.3) is 10.9 Å². The highest BCUT2D eigenvalue weighted by atomic mass is 35.5. The topological polar surface area (TPSA) is 150 Å². The van der Waals surface area contributed by atoms with E-state index in [1.54, 1.807) is 25.1 Å². The Morgan fingerprint density at radius 1 is 1.10 bits per heavy atom. The average Bonchev–Trinajstić information content (AvgIpc) is 3.29. The van der Waals surface area contributed by atoms with Crippen LogP contribution >= 0.6 is 11.6 Å². The van der Waals surface area contributed by atoms with Crippen LogP contribution in [0.4, 0.5) is 0 Å². The zero-order valence-electron chi connectivity index (χ0n) is 23.5. The molecular weight excluding hydrogens is 570 g/mol. The molecular formula is C30H28ClNO10. The number of hydrogen-bond donors (Lipinski definition) is 2. The van der Waals surface area contributed by atoms with Crippen molar-refractivity contribution in [3.8, 4) is 23.0 Å². The number of aromatic nitrogens is 1. The minimum atomic E-state index is -2.08. The number of aromatic amines is 1. The maximum absolute atomic E-state index is 14.1. The van der Waals surface area contributed by atoms with Gasteiger partial charge in [-0.3, -0.25) is 19.2 Å². The standard InChI is InChI=1S/C30H28ClNO10/c1-13-8-19(33)23(27(35)30(13)28(36)24-20(39-3)12-21(40-4)25(31)26(24)42-30)16(11-22(34)41-5)17-9-14-6-7-15(38-2)10-18(14)32-29(17)37/h6-7,9-10,12-13,16,35H,8,11H2,1-5H3,(H,32,37)/t13-,16+,30+/m1/s1. The van der Waals surface area contributed by atoms with E-state index in [1.807, 2.05) is 0 Å². The molecule has 1 spiro atoms. The number of ketones is 2. The Balaban J connectivity index is 1.75. The quantitative estimate of drug-likeness (QED) is 0.377. The number of carbonyl (C=O) groups is 3. The second-order valence-corrected chi connectivity index (χ2v) is 10.5. The van der Waals surface area contributed by atoms with Crippen LogP contribution in [0.1, 0.15) is 41.6 Å². The average molecular weight is 598 g/mol. The number of hydrogen-bond acceptors (Lipinski definition) is 10. The number of ether oxygens (including phenoxy) is 5. The second-order valence-electron chi connectivity index (χ2n) is 10.1. The van der Waals surface area contributed by atoms with Crippen LogP contribution < -0.4 is 24.5 Å². The highest BCUT2D eigenvalue weighted by Crippen LogP contribution is 2.55. The number of pyridine rings is 1. The molecule has 0 saturated carbocycles. The van der Waals surface area contributed by atoms with Crippen molar-refractivity contribution in [2.75, 3.05) is 28.4 Å². The van der Waals surface area contributed by atoms with Gasteiger partial charge in [0.1, 0.15) is 27.8 Å². The number of H-pyrrole nitrogens is 1. The number of methoxy groups -OCH3 is 4. The molecule has 12 heteroatoms. The van der Waals surface area contributed by atoms with Gasteiger partial charge in [0.15, 0.2) is 17.3 Å². The smallest absolute Gasteiger partial charge is 0.306 e. The molecule has 0 radical (unpaired) electrons. The molecule has 0 unspecified atom stereocenters. The van der Waals surface area contributed by atoms with E-state index in [2.05, 4.69) is 4.98 Å². The Hall–Kier alpha value is -4.51. The summed E-state index contributed by atoms with van der Waals surface area (Å²) in [6.07, 6.45) is -0.716. The number of fused-ring (bicyclic) bond motifs is 2. The lowest BCUT2D eigenvalue weighted by Crippen LogP contribution is -2.53. The first-order valence-electron chi connectivity index (χ1n) is 12.9. The predicted octanol–water partition coefficient (Wildman–Crippen LogP) is 4.29. The molecule has 5 rings (SSSR count). The van der Waals surface area contributed by atoms with E-state index in [9.17, 15) is 24.3 Å². The van der Waals surface area contributed by atoms with Gasteiger partial charge < -0.3 is 33.8 Å². The van der Waals surface area contributed by atoms with Gasteiger partial charge in [0.05, 0.1) is 40.4 Å². The van der Waals surface area contributed by atoms with Gasteiger partial charge in [-0.1, -0.05) is 18.5 Å². The van der Waals surface area contributed by atoms with E-state index in [-0.39, 0.29) is 45.4 Å². The maximum atomic E-state index is 14.1. The molecule has 0 bridgehead atoms. The van der Waals surface area contributed by atoms with E-state index in [0.717, 1.165) is 0 Å². The fourth-order valence-electron chi connectivity index (χ4n) is 5.74. The lowest BCUT2D eigenvalue weighted by molar-refractivity contribution is -0.140. The summed E-state index contributed by atoms with van der Waals surface area (Å²) in [4.78, 5) is 56.5. The number of aliphatic hydroxyl groups is 1. The van der Waals surface area contributed by atoms with Crippen molar-refractivity contribution in [3.05, 3.63) is 68.2 Å². The summed E-state index contributed by atoms with van der Waals surface area (Å²) in [6, 6.07) is 7.96. The third kappa shape index (κ3) is 4.27. The van der Waals surface area contributed by atoms with Crippen molar-refractivity contribution >= 4 is 40.0 Å². The van der Waals surface area contributed by atoms with Crippen LogP contribution in [0.2, 0.25) is 5.02 Å². The summed E-state index contributed by atoms with van der Waals surface area (Å²) in [5.41, 5.74) is -2.56. The van der Waals surface area contributed by atoms with Crippen LogP contribution in [0.15, 0.2) is 46.5 Å². The summed E-state index contributed by atoms with van der Waals surface area (Å²) in [5.74, 6) is -4.15. The first kappa shape index (κ1) is 29.0. The maximum Gasteiger partial charge on any atom is 0.306 e. The Kier molecular flexibility index (Phi) is 7.40. The molecule has 220 valence electrons. The number of aliphatic hydroxyl groups excluding tert-OH is 1. The van der Waals surface area contributed by atoms with Crippen molar-refractivity contribution in [2.24, 2.45) is 5.92 Å². The number of nitrogens with one attached hydrogen (secondary N) is 1. The molecule has 2 aliphatic rings. The first-order valence-corrected chi connectivity index (χ1v) is 13.3. The Labute approximate surface area is 244 Å². The highest BCUT2D eigenvalue weighted by Gasteiger charge is 2.61. The van der Waals surface area contributed by atoms with Gasteiger partial charge in [0.2, 0.25) is 11.4 Å². The molecule has 42 heavy (non-hydrogen) atoms. The third-order valence-corrected chi connectivity index (χ3v) is 8.27. The van der Waals surface area contributed by atoms with Gasteiger partial charge in [-0.05, 0) is 23.6 Å². The van der Waals surface area contributed by atoms with Gasteiger partial charge in [0, 0.05) is 41.5 Å². The van der Waals surface area contributed by atoms with E-state index >= 15 is 0 Å². The summed E-state index contributed by atoms with van der Waals surface area (Å²) in [6.45, 7) is 1.58. The minimum Gasteiger partial charge on any atom is -0.507 e. The molecule has 3 atom stereocenters. The lowest BCUT2D eigenvalue weighted by Gasteiger charge is -2.38. The fraction of sp³-hybridized carbons (Fsp3) is 0.333. The summed E-state index contributed by atoms with van der Waals surface area (Å²) in [7, 11) is 5.39. The van der Waals surface area contributed by atoms with Crippen LogP contribution in [0.3, 0.4) is 0 Å². The van der Waals surface area contributed by atoms with E-state index in [1.165, 1.54) is 40.6 Å². The molecule has 0 saturated heterocycles. The molecule has 1 aromatic heterocycles. The largest absolute Gasteiger partial charge is 0.507 e. The highest BCUT2D eigenvalue weighted by molar-refractivity contribution is 6.35. The Morgan fingerprint density at radius 2 is 1.81 bits per heavy atom. The van der Waals surface area contributed by atoms with Crippen LogP contribution in [-0.4, -0.2) is 61.7 Å².